The largest absolute Gasteiger partial charge is 0.365 e. The molecule has 27 heavy (non-hydrogen) atoms. The summed E-state index contributed by atoms with van der Waals surface area (Å²) in [6.45, 7) is 0. The van der Waals surface area contributed by atoms with Crippen molar-refractivity contribution in [3.8, 4) is 0 Å². The molecular weight excluding hydrogens is 370 g/mol. The highest BCUT2D eigenvalue weighted by Crippen LogP contribution is 2.28. The molecule has 9 heteroatoms. The van der Waals surface area contributed by atoms with Gasteiger partial charge in [0.1, 0.15) is 5.82 Å². The average molecular weight is 385 g/mol. The van der Waals surface area contributed by atoms with E-state index in [1.54, 1.807) is 30.3 Å². The van der Waals surface area contributed by atoms with E-state index in [0.29, 0.717) is 15.4 Å². The Bertz CT molecular complexity index is 1110. The lowest BCUT2D eigenvalue weighted by Gasteiger charge is -2.20. The number of anilines is 2. The van der Waals surface area contributed by atoms with E-state index in [-0.39, 0.29) is 11.5 Å². The number of aromatic nitrogens is 1. The number of pyridine rings is 1. The molecule has 2 aromatic carbocycles. The van der Waals surface area contributed by atoms with E-state index in [4.69, 9.17) is 5.21 Å². The molecule has 1 aromatic heterocycles. The number of hydrogen-bond acceptors (Lipinski definition) is 5. The SMILES string of the molecule is O=C(/C=C/c1ccc(N(c2ccc3ccccc3n2)S(=O)(=O)O)cc1)NO. The maximum absolute atomic E-state index is 12.0. The Morgan fingerprint density at radius 2 is 1.74 bits per heavy atom. The quantitative estimate of drug-likeness (QED) is 0.269. The van der Waals surface area contributed by atoms with E-state index in [1.165, 1.54) is 29.8 Å². The van der Waals surface area contributed by atoms with E-state index >= 15 is 0 Å². The molecule has 0 spiro atoms. The lowest BCUT2D eigenvalue weighted by molar-refractivity contribution is -0.124. The van der Waals surface area contributed by atoms with Gasteiger partial charge < -0.3 is 0 Å². The van der Waals surface area contributed by atoms with Crippen molar-refractivity contribution in [3.05, 3.63) is 72.3 Å². The predicted molar refractivity (Wildman–Crippen MR) is 101 cm³/mol. The third-order valence-corrected chi connectivity index (χ3v) is 4.55. The molecule has 0 bridgehead atoms. The number of hydrogen-bond donors (Lipinski definition) is 3. The van der Waals surface area contributed by atoms with Crippen LogP contribution in [0.5, 0.6) is 0 Å². The van der Waals surface area contributed by atoms with Crippen LogP contribution in [0.2, 0.25) is 0 Å². The fraction of sp³-hybridized carbons (Fsp3) is 0. The summed E-state index contributed by atoms with van der Waals surface area (Å²) in [6, 6.07) is 16.4. The molecule has 1 amide bonds. The van der Waals surface area contributed by atoms with Crippen molar-refractivity contribution in [1.82, 2.24) is 10.5 Å². The first kappa shape index (κ1) is 18.5. The van der Waals surface area contributed by atoms with Gasteiger partial charge in [0.25, 0.3) is 5.91 Å². The van der Waals surface area contributed by atoms with Crippen LogP contribution in [0.4, 0.5) is 11.5 Å². The monoisotopic (exact) mass is 385 g/mol. The Morgan fingerprint density at radius 1 is 1.04 bits per heavy atom. The Hall–Kier alpha value is -3.27. The summed E-state index contributed by atoms with van der Waals surface area (Å²) < 4.78 is 34.3. The summed E-state index contributed by atoms with van der Waals surface area (Å²) in [5.41, 5.74) is 2.81. The van der Waals surface area contributed by atoms with E-state index in [1.807, 2.05) is 12.1 Å². The Labute approximate surface area is 155 Å². The molecule has 0 unspecified atom stereocenters. The van der Waals surface area contributed by atoms with E-state index < -0.39 is 16.2 Å². The minimum atomic E-state index is -4.63. The van der Waals surface area contributed by atoms with Crippen molar-refractivity contribution in [2.75, 3.05) is 4.31 Å². The van der Waals surface area contributed by atoms with Crippen LogP contribution in [0.25, 0.3) is 17.0 Å². The number of rotatable bonds is 5. The van der Waals surface area contributed by atoms with Crippen LogP contribution in [0.3, 0.4) is 0 Å². The van der Waals surface area contributed by atoms with Crippen molar-refractivity contribution in [2.24, 2.45) is 0 Å². The summed E-state index contributed by atoms with van der Waals surface area (Å²) in [5, 5.41) is 9.29. The molecule has 0 saturated carbocycles. The van der Waals surface area contributed by atoms with Gasteiger partial charge >= 0.3 is 10.3 Å². The number of nitrogens with zero attached hydrogens (tertiary/aromatic N) is 2. The summed E-state index contributed by atoms with van der Waals surface area (Å²) in [6.07, 6.45) is 2.54. The normalized spacial score (nSPS) is 11.6. The van der Waals surface area contributed by atoms with E-state index in [2.05, 4.69) is 4.98 Å². The summed E-state index contributed by atoms with van der Waals surface area (Å²) in [5.74, 6) is -0.654. The highest BCUT2D eigenvalue weighted by molar-refractivity contribution is 7.87. The Kier molecular flexibility index (Phi) is 5.17. The molecule has 0 aliphatic rings. The van der Waals surface area contributed by atoms with Gasteiger partial charge in [-0.25, -0.2) is 10.5 Å². The lowest BCUT2D eigenvalue weighted by atomic mass is 10.2. The number of benzene rings is 2. The second-order valence-corrected chi connectivity index (χ2v) is 6.77. The molecule has 8 nitrogen and oxygen atoms in total. The topological polar surface area (TPSA) is 120 Å². The Balaban J connectivity index is 2.00. The van der Waals surface area contributed by atoms with Gasteiger partial charge in [-0.2, -0.15) is 12.7 Å². The first-order valence-electron chi connectivity index (χ1n) is 7.74. The number of nitrogens with one attached hydrogen (secondary N) is 1. The van der Waals surface area contributed by atoms with Gasteiger partial charge in [-0.1, -0.05) is 30.3 Å². The van der Waals surface area contributed by atoms with Crippen molar-refractivity contribution < 1.29 is 23.0 Å². The number of carbonyl (C=O) groups is 1. The van der Waals surface area contributed by atoms with Crippen LogP contribution in [0.15, 0.2) is 66.7 Å². The third-order valence-electron chi connectivity index (χ3n) is 3.69. The van der Waals surface area contributed by atoms with Gasteiger partial charge in [-0.3, -0.25) is 14.6 Å². The minimum Gasteiger partial charge on any atom is -0.288 e. The van der Waals surface area contributed by atoms with Gasteiger partial charge in [0.2, 0.25) is 0 Å². The fourth-order valence-corrected chi connectivity index (χ4v) is 3.21. The van der Waals surface area contributed by atoms with Gasteiger partial charge in [0.15, 0.2) is 0 Å². The van der Waals surface area contributed by atoms with Crippen molar-refractivity contribution in [1.29, 1.82) is 0 Å². The van der Waals surface area contributed by atoms with Crippen molar-refractivity contribution >= 4 is 44.7 Å². The summed E-state index contributed by atoms with van der Waals surface area (Å²) >= 11 is 0. The second-order valence-electron chi connectivity index (χ2n) is 5.51. The zero-order valence-corrected chi connectivity index (χ0v) is 14.7. The summed E-state index contributed by atoms with van der Waals surface area (Å²) in [4.78, 5) is 15.3. The van der Waals surface area contributed by atoms with Crippen LogP contribution in [-0.4, -0.2) is 29.1 Å². The third kappa shape index (κ3) is 4.29. The molecule has 0 fully saturated rings. The van der Waals surface area contributed by atoms with Crippen LogP contribution in [0.1, 0.15) is 5.56 Å². The number of amides is 1. The molecule has 3 aromatic rings. The molecule has 3 N–H and O–H groups in total. The zero-order chi connectivity index (χ0) is 19.4. The van der Waals surface area contributed by atoms with Gasteiger partial charge in [-0.05, 0) is 42.0 Å². The van der Waals surface area contributed by atoms with Gasteiger partial charge in [0.05, 0.1) is 11.2 Å². The smallest absolute Gasteiger partial charge is 0.288 e. The van der Waals surface area contributed by atoms with E-state index in [0.717, 1.165) is 11.5 Å². The molecule has 0 aliphatic carbocycles. The molecule has 0 aliphatic heterocycles. The molecule has 1 heterocycles. The lowest BCUT2D eigenvalue weighted by Crippen LogP contribution is -2.26. The van der Waals surface area contributed by atoms with Gasteiger partial charge in [-0.15, -0.1) is 0 Å². The highest BCUT2D eigenvalue weighted by Gasteiger charge is 2.23. The standard InChI is InChI=1S/C18H15N3O5S/c22-18(20-23)12-7-13-5-9-15(10-6-13)21(27(24,25)26)17-11-8-14-3-1-2-4-16(14)19-17/h1-12,23H,(H,20,22)(H,24,25,26)/b12-7+. The number of hydroxylamine groups is 1. The van der Waals surface area contributed by atoms with Crippen LogP contribution in [0, 0.1) is 0 Å². The maximum Gasteiger partial charge on any atom is 0.365 e. The number of fused-ring (bicyclic) bond motifs is 1. The van der Waals surface area contributed by atoms with Crippen LogP contribution >= 0.6 is 0 Å². The maximum atomic E-state index is 12.0. The zero-order valence-electron chi connectivity index (χ0n) is 13.9. The fourth-order valence-electron chi connectivity index (χ4n) is 2.48. The van der Waals surface area contributed by atoms with Crippen molar-refractivity contribution in [2.45, 2.75) is 0 Å². The second kappa shape index (κ2) is 7.54. The first-order chi connectivity index (χ1) is 12.9. The highest BCUT2D eigenvalue weighted by atomic mass is 32.2. The predicted octanol–water partition coefficient (Wildman–Crippen LogP) is 2.69. The molecular formula is C18H15N3O5S. The summed E-state index contributed by atoms with van der Waals surface area (Å²) in [7, 11) is -4.63. The van der Waals surface area contributed by atoms with Crippen LogP contribution in [-0.2, 0) is 15.1 Å². The van der Waals surface area contributed by atoms with Crippen LogP contribution < -0.4 is 9.79 Å². The molecule has 3 rings (SSSR count). The van der Waals surface area contributed by atoms with Crippen molar-refractivity contribution in [3.63, 3.8) is 0 Å². The number of carbonyl (C=O) groups excluding carboxylic acids is 1. The molecule has 138 valence electrons. The molecule has 0 saturated heterocycles. The minimum absolute atomic E-state index is 0.0409. The molecule has 0 radical (unpaired) electrons. The van der Waals surface area contributed by atoms with E-state index in [9.17, 15) is 17.8 Å². The first-order valence-corrected chi connectivity index (χ1v) is 9.14. The Morgan fingerprint density at radius 3 is 2.41 bits per heavy atom. The average Bonchev–Trinajstić information content (AvgIpc) is 2.66. The number of para-hydroxylation sites is 1. The van der Waals surface area contributed by atoms with Gasteiger partial charge in [0, 0.05) is 11.5 Å². The molecule has 0 atom stereocenters.